The molecule has 62 heavy (non-hydrogen) atoms. The van der Waals surface area contributed by atoms with E-state index in [4.69, 9.17) is 45.0 Å². The first kappa shape index (κ1) is 35.3. The molecule has 2 unspecified atom stereocenters. The van der Waals surface area contributed by atoms with Crippen molar-refractivity contribution >= 4 is 55.0 Å². The fraction of sp³-hybridized carbons (Fsp3) is 0.0408. The number of imidazole rings is 1. The lowest BCUT2D eigenvalue weighted by atomic mass is 9.47. The van der Waals surface area contributed by atoms with E-state index >= 15 is 0 Å². The molecular formula is C49H33N13. The highest BCUT2D eigenvalue weighted by molar-refractivity contribution is 6.28. The summed E-state index contributed by atoms with van der Waals surface area (Å²) in [7, 11) is 0. The number of fused-ring (bicyclic) bond motifs is 3. The maximum absolute atomic E-state index is 5.67. The highest BCUT2D eigenvalue weighted by atomic mass is 15.1. The summed E-state index contributed by atoms with van der Waals surface area (Å²) in [5, 5.41) is 11.5. The predicted octanol–water partition coefficient (Wildman–Crippen LogP) is 8.52. The number of para-hydroxylation sites is 3. The second kappa shape index (κ2) is 14.0. The van der Waals surface area contributed by atoms with E-state index < -0.39 is 10.8 Å². The molecule has 294 valence electrons. The Balaban J connectivity index is 1.45. The van der Waals surface area contributed by atoms with Crippen LogP contribution in [0.2, 0.25) is 0 Å². The molecule has 0 fully saturated rings. The highest BCUT2D eigenvalue weighted by Gasteiger charge is 2.69. The van der Waals surface area contributed by atoms with Crippen molar-refractivity contribution in [1.82, 2.24) is 65.0 Å². The lowest BCUT2D eigenvalue weighted by molar-refractivity contribution is 0.414. The van der Waals surface area contributed by atoms with Crippen LogP contribution in [0.15, 0.2) is 177 Å². The minimum Gasteiger partial charge on any atom is -0.364 e. The van der Waals surface area contributed by atoms with Crippen LogP contribution in [0, 0.1) is 0 Å². The van der Waals surface area contributed by atoms with Gasteiger partial charge in [0.1, 0.15) is 22.5 Å². The molecule has 11 aromatic rings. The Bertz CT molecular complexity index is 3430. The average molecular weight is 804 g/mol. The highest BCUT2D eigenvalue weighted by Crippen LogP contribution is 2.69. The molecule has 0 radical (unpaired) electrons. The molecule has 0 amide bonds. The topological polar surface area (TPSA) is 179 Å². The molecule has 0 spiro atoms. The van der Waals surface area contributed by atoms with E-state index in [1.165, 1.54) is 0 Å². The minimum atomic E-state index is -1.54. The van der Waals surface area contributed by atoms with Crippen molar-refractivity contribution in [2.75, 3.05) is 0 Å². The van der Waals surface area contributed by atoms with Crippen molar-refractivity contribution in [3.8, 4) is 0 Å². The zero-order valence-corrected chi connectivity index (χ0v) is 32.8. The third kappa shape index (κ3) is 4.99. The number of aromatic amines is 4. The van der Waals surface area contributed by atoms with Gasteiger partial charge in [0.25, 0.3) is 0 Å². The van der Waals surface area contributed by atoms with E-state index in [0.29, 0.717) is 51.3 Å². The van der Waals surface area contributed by atoms with E-state index in [2.05, 4.69) is 68.6 Å². The van der Waals surface area contributed by atoms with E-state index in [-0.39, 0.29) is 0 Å². The maximum Gasteiger partial charge on any atom is 0.157 e. The molecule has 13 heteroatoms. The smallest absolute Gasteiger partial charge is 0.157 e. The number of allylic oxidation sites excluding steroid dienone is 4. The molecule has 1 aliphatic carbocycles. The SMILES string of the molecule is c1cnc(C2=C(c3cc4ccccc4[nH]3)C(c3cnccn3)=C(c3n[nH]c4ccccc34)C(c3ncccn3)(c3ccc[nH]3)C2(c2ccc3ccccc3n2)c2ncc[nH]2)nc1. The number of benzene rings is 3. The fourth-order valence-corrected chi connectivity index (χ4v) is 9.60. The summed E-state index contributed by atoms with van der Waals surface area (Å²) in [6.07, 6.45) is 17.7. The number of nitrogens with one attached hydrogen (secondary N) is 4. The number of nitrogens with zero attached hydrogens (tertiary/aromatic N) is 9. The van der Waals surface area contributed by atoms with Gasteiger partial charge in [-0.3, -0.25) is 20.1 Å². The third-order valence-electron chi connectivity index (χ3n) is 11.9. The zero-order chi connectivity index (χ0) is 41.1. The van der Waals surface area contributed by atoms with Crippen LogP contribution in [0.5, 0.6) is 0 Å². The minimum absolute atomic E-state index is 0.423. The van der Waals surface area contributed by atoms with Crippen molar-refractivity contribution in [1.29, 1.82) is 0 Å². The van der Waals surface area contributed by atoms with Gasteiger partial charge < -0.3 is 15.0 Å². The molecule has 2 atom stereocenters. The molecule has 0 saturated carbocycles. The van der Waals surface area contributed by atoms with Gasteiger partial charge in [0, 0.05) is 111 Å². The van der Waals surface area contributed by atoms with Gasteiger partial charge in [-0.15, -0.1) is 0 Å². The van der Waals surface area contributed by atoms with Crippen LogP contribution in [-0.4, -0.2) is 65.0 Å². The molecule has 1 aliphatic rings. The van der Waals surface area contributed by atoms with Gasteiger partial charge in [0.15, 0.2) is 5.82 Å². The first-order valence-electron chi connectivity index (χ1n) is 20.1. The van der Waals surface area contributed by atoms with E-state index in [0.717, 1.165) is 49.7 Å². The molecular weight excluding hydrogens is 771 g/mol. The summed E-state index contributed by atoms with van der Waals surface area (Å²) in [4.78, 5) is 52.8. The van der Waals surface area contributed by atoms with Crippen molar-refractivity contribution in [2.45, 2.75) is 10.8 Å². The molecule has 4 N–H and O–H groups in total. The van der Waals surface area contributed by atoms with Crippen LogP contribution >= 0.6 is 0 Å². The second-order valence-corrected chi connectivity index (χ2v) is 15.0. The normalized spacial score (nSPS) is 18.0. The molecule has 0 aliphatic heterocycles. The Labute approximate surface area is 352 Å². The summed E-state index contributed by atoms with van der Waals surface area (Å²) < 4.78 is 0. The van der Waals surface area contributed by atoms with Gasteiger partial charge >= 0.3 is 0 Å². The Hall–Kier alpha value is -8.71. The van der Waals surface area contributed by atoms with E-state index in [1.807, 2.05) is 79.1 Å². The fourth-order valence-electron chi connectivity index (χ4n) is 9.60. The quantitative estimate of drug-likeness (QED) is 0.117. The Morgan fingerprint density at radius 2 is 1.32 bits per heavy atom. The summed E-state index contributed by atoms with van der Waals surface area (Å²) in [5.41, 5.74) is 5.64. The van der Waals surface area contributed by atoms with Crippen LogP contribution in [0.3, 0.4) is 0 Å². The Morgan fingerprint density at radius 1 is 0.532 bits per heavy atom. The van der Waals surface area contributed by atoms with Gasteiger partial charge in [-0.05, 0) is 54.6 Å². The standard InChI is InChI=1S/C49H33N13/c1-4-13-33-30(10-1)17-18-39(60-33)49(47-57-26-27-58-47)43(45-53-20-8-21-54-45)40(36-28-31-11-2-5-14-34(31)59-36)41(37-29-50-24-25-51-37)42(44-32-12-3-6-15-35(32)61-62-44)48(49,38-16-7-19-52-38)46-55-22-9-23-56-46/h1-29,52,59H,(H,57,58)(H,61,62). The largest absolute Gasteiger partial charge is 0.364 e. The van der Waals surface area contributed by atoms with Crippen LogP contribution in [0.4, 0.5) is 0 Å². The van der Waals surface area contributed by atoms with Gasteiger partial charge in [-0.25, -0.2) is 24.9 Å². The van der Waals surface area contributed by atoms with E-state index in [1.54, 1.807) is 49.6 Å². The van der Waals surface area contributed by atoms with Crippen molar-refractivity contribution in [3.05, 3.63) is 223 Å². The third-order valence-corrected chi connectivity index (χ3v) is 11.9. The van der Waals surface area contributed by atoms with Gasteiger partial charge in [-0.2, -0.15) is 5.10 Å². The number of pyridine rings is 1. The lowest BCUT2D eigenvalue weighted by Crippen LogP contribution is -2.57. The summed E-state index contributed by atoms with van der Waals surface area (Å²) in [6.45, 7) is 0. The summed E-state index contributed by atoms with van der Waals surface area (Å²) >= 11 is 0. The number of rotatable bonds is 8. The van der Waals surface area contributed by atoms with Crippen molar-refractivity contribution in [2.24, 2.45) is 0 Å². The zero-order valence-electron chi connectivity index (χ0n) is 32.8. The second-order valence-electron chi connectivity index (χ2n) is 15.0. The average Bonchev–Trinajstić information content (AvgIpc) is 4.20. The summed E-state index contributed by atoms with van der Waals surface area (Å²) in [5.74, 6) is 1.39. The van der Waals surface area contributed by atoms with Crippen molar-refractivity contribution < 1.29 is 0 Å². The number of aromatic nitrogens is 13. The van der Waals surface area contributed by atoms with Crippen LogP contribution in [0.25, 0.3) is 55.0 Å². The first-order valence-corrected chi connectivity index (χ1v) is 20.1. The molecule has 8 aromatic heterocycles. The van der Waals surface area contributed by atoms with Crippen molar-refractivity contribution in [3.63, 3.8) is 0 Å². The maximum atomic E-state index is 5.67. The van der Waals surface area contributed by atoms with Crippen LogP contribution in [-0.2, 0) is 10.8 Å². The molecule has 3 aromatic carbocycles. The van der Waals surface area contributed by atoms with Crippen LogP contribution < -0.4 is 0 Å². The van der Waals surface area contributed by atoms with E-state index in [9.17, 15) is 0 Å². The van der Waals surface area contributed by atoms with Gasteiger partial charge in [-0.1, -0.05) is 60.7 Å². The molecule has 13 nitrogen and oxygen atoms in total. The lowest BCUT2D eigenvalue weighted by Gasteiger charge is -2.53. The predicted molar refractivity (Wildman–Crippen MR) is 237 cm³/mol. The molecule has 12 rings (SSSR count). The van der Waals surface area contributed by atoms with Crippen LogP contribution in [0.1, 0.15) is 45.9 Å². The van der Waals surface area contributed by atoms with Gasteiger partial charge in [0.2, 0.25) is 0 Å². The number of hydrogen-bond acceptors (Lipinski definition) is 9. The number of hydrogen-bond donors (Lipinski definition) is 4. The monoisotopic (exact) mass is 803 g/mol. The van der Waals surface area contributed by atoms with Gasteiger partial charge in [0.05, 0.1) is 34.3 Å². The summed E-state index contributed by atoms with van der Waals surface area (Å²) in [6, 6.07) is 38.5. The first-order chi connectivity index (χ1) is 30.8. The molecule has 8 heterocycles. The molecule has 0 saturated heterocycles. The Kier molecular flexibility index (Phi) is 7.93. The number of H-pyrrole nitrogens is 4. The molecule has 0 bridgehead atoms. The Morgan fingerprint density at radius 3 is 2.10 bits per heavy atom.